The maximum Gasteiger partial charge on any atom is 0.266 e. The van der Waals surface area contributed by atoms with Crippen LogP contribution in [0.4, 0.5) is 0 Å². The Morgan fingerprint density at radius 3 is 2.48 bits per heavy atom. The summed E-state index contributed by atoms with van der Waals surface area (Å²) < 4.78 is 7.24. The minimum absolute atomic E-state index is 0.0401. The van der Waals surface area contributed by atoms with Crippen LogP contribution in [0.25, 0.3) is 6.08 Å². The maximum absolute atomic E-state index is 12.1. The first-order valence-corrected chi connectivity index (χ1v) is 8.64. The average Bonchev–Trinajstić information content (AvgIpc) is 2.71. The van der Waals surface area contributed by atoms with Crippen LogP contribution in [0.2, 0.25) is 0 Å². The van der Waals surface area contributed by atoms with Gasteiger partial charge in [0.25, 0.3) is 5.91 Å². The molecule has 0 atom stereocenters. The summed E-state index contributed by atoms with van der Waals surface area (Å²) >= 11 is 8.35. The summed E-state index contributed by atoms with van der Waals surface area (Å²) in [5, 5.41) is 0.704. The fraction of sp³-hybridized carbons (Fsp3) is 0.286. The van der Waals surface area contributed by atoms with E-state index in [9.17, 15) is 4.79 Å². The van der Waals surface area contributed by atoms with Gasteiger partial charge in [0.05, 0.1) is 20.5 Å². The van der Waals surface area contributed by atoms with Crippen LogP contribution >= 0.6 is 43.6 Å². The molecule has 1 aliphatic rings. The quantitative estimate of drug-likeness (QED) is 0.672. The molecule has 112 valence electrons. The van der Waals surface area contributed by atoms with Crippen molar-refractivity contribution in [3.8, 4) is 5.75 Å². The number of benzene rings is 1. The van der Waals surface area contributed by atoms with E-state index >= 15 is 0 Å². The highest BCUT2D eigenvalue weighted by Gasteiger charge is 2.29. The first kappa shape index (κ1) is 16.6. The van der Waals surface area contributed by atoms with Gasteiger partial charge in [0, 0.05) is 14.1 Å². The molecule has 2 rings (SSSR count). The van der Waals surface area contributed by atoms with Crippen molar-refractivity contribution in [1.29, 1.82) is 0 Å². The lowest BCUT2D eigenvalue weighted by atomic mass is 10.2. The lowest BCUT2D eigenvalue weighted by Crippen LogP contribution is -2.23. The van der Waals surface area contributed by atoms with E-state index in [-0.39, 0.29) is 5.91 Å². The zero-order chi connectivity index (χ0) is 15.6. The number of hydrogen-bond donors (Lipinski definition) is 0. The Morgan fingerprint density at radius 2 is 2.00 bits per heavy atom. The SMILES string of the molecule is CCOc1c(Br)cc(/C=C2/SC(=NC)N(C)C2=O)cc1Br. The van der Waals surface area contributed by atoms with Crippen molar-refractivity contribution in [3.05, 3.63) is 31.5 Å². The number of thioether (sulfide) groups is 1. The third-order valence-electron chi connectivity index (χ3n) is 2.80. The first-order chi connectivity index (χ1) is 9.97. The van der Waals surface area contributed by atoms with Crippen LogP contribution in [0.1, 0.15) is 12.5 Å². The summed E-state index contributed by atoms with van der Waals surface area (Å²) in [5.41, 5.74) is 0.916. The summed E-state index contributed by atoms with van der Waals surface area (Å²) in [6, 6.07) is 3.86. The lowest BCUT2D eigenvalue weighted by molar-refractivity contribution is -0.121. The fourth-order valence-electron chi connectivity index (χ4n) is 1.85. The molecule has 7 heteroatoms. The van der Waals surface area contributed by atoms with Crippen molar-refractivity contribution in [2.24, 2.45) is 4.99 Å². The molecular formula is C14H14Br2N2O2S. The summed E-state index contributed by atoms with van der Waals surface area (Å²) in [6.07, 6.45) is 1.85. The molecule has 0 unspecified atom stereocenters. The van der Waals surface area contributed by atoms with Crippen LogP contribution in [0.5, 0.6) is 5.75 Å². The smallest absolute Gasteiger partial charge is 0.266 e. The van der Waals surface area contributed by atoms with E-state index in [1.807, 2.05) is 25.1 Å². The van der Waals surface area contributed by atoms with E-state index in [1.54, 1.807) is 19.0 Å². The minimum atomic E-state index is -0.0401. The number of carbonyl (C=O) groups excluding carboxylic acids is 1. The molecule has 0 spiro atoms. The Morgan fingerprint density at radius 1 is 1.38 bits per heavy atom. The molecule has 1 saturated heterocycles. The third kappa shape index (κ3) is 3.52. The van der Waals surface area contributed by atoms with E-state index in [0.717, 1.165) is 20.3 Å². The van der Waals surface area contributed by atoms with E-state index < -0.39 is 0 Å². The second kappa shape index (κ2) is 6.98. The highest BCUT2D eigenvalue weighted by molar-refractivity contribution is 9.11. The molecule has 1 amide bonds. The van der Waals surface area contributed by atoms with Crippen LogP contribution in [0.3, 0.4) is 0 Å². The monoisotopic (exact) mass is 432 g/mol. The van der Waals surface area contributed by atoms with E-state index in [0.29, 0.717) is 16.7 Å². The van der Waals surface area contributed by atoms with Crippen LogP contribution in [-0.2, 0) is 4.79 Å². The van der Waals surface area contributed by atoms with Gasteiger partial charge in [-0.1, -0.05) is 0 Å². The Labute approximate surface area is 144 Å². The molecule has 1 heterocycles. The molecule has 21 heavy (non-hydrogen) atoms. The van der Waals surface area contributed by atoms with Gasteiger partial charge in [0.15, 0.2) is 5.17 Å². The van der Waals surface area contributed by atoms with Crippen molar-refractivity contribution < 1.29 is 9.53 Å². The number of carbonyl (C=O) groups is 1. The molecule has 1 aromatic carbocycles. The Bertz CT molecular complexity index is 621. The molecule has 0 bridgehead atoms. The van der Waals surface area contributed by atoms with Crippen molar-refractivity contribution in [2.75, 3.05) is 20.7 Å². The molecule has 4 nitrogen and oxygen atoms in total. The molecule has 1 aromatic rings. The van der Waals surface area contributed by atoms with Crippen LogP contribution in [0, 0.1) is 0 Å². The number of amidine groups is 1. The van der Waals surface area contributed by atoms with Gasteiger partial charge < -0.3 is 4.74 Å². The minimum Gasteiger partial charge on any atom is -0.492 e. The van der Waals surface area contributed by atoms with Gasteiger partial charge in [-0.2, -0.15) is 0 Å². The molecule has 1 fully saturated rings. The molecule has 0 aromatic heterocycles. The average molecular weight is 434 g/mol. The summed E-state index contributed by atoms with van der Waals surface area (Å²) in [5.74, 6) is 0.722. The second-order valence-electron chi connectivity index (χ2n) is 4.23. The van der Waals surface area contributed by atoms with Crippen LogP contribution < -0.4 is 4.74 Å². The third-order valence-corrected chi connectivity index (χ3v) is 5.13. The van der Waals surface area contributed by atoms with Gasteiger partial charge >= 0.3 is 0 Å². The van der Waals surface area contributed by atoms with Crippen LogP contribution in [0.15, 0.2) is 31.0 Å². The Kier molecular flexibility index (Phi) is 5.51. The number of amides is 1. The topological polar surface area (TPSA) is 41.9 Å². The van der Waals surface area contributed by atoms with Crippen molar-refractivity contribution in [2.45, 2.75) is 6.92 Å². The number of halogens is 2. The fourth-order valence-corrected chi connectivity index (χ4v) is 4.22. The maximum atomic E-state index is 12.1. The second-order valence-corrected chi connectivity index (χ2v) is 6.95. The van der Waals surface area contributed by atoms with Crippen molar-refractivity contribution in [1.82, 2.24) is 4.90 Å². The number of ether oxygens (including phenoxy) is 1. The lowest BCUT2D eigenvalue weighted by Gasteiger charge is -2.09. The summed E-state index contributed by atoms with van der Waals surface area (Å²) in [6.45, 7) is 2.52. The number of rotatable bonds is 3. The molecule has 0 N–H and O–H groups in total. The number of nitrogens with zero attached hydrogens (tertiary/aromatic N) is 2. The van der Waals surface area contributed by atoms with Gasteiger partial charge in [-0.25, -0.2) is 0 Å². The largest absolute Gasteiger partial charge is 0.492 e. The molecule has 1 aliphatic heterocycles. The van der Waals surface area contributed by atoms with Crippen molar-refractivity contribution in [3.63, 3.8) is 0 Å². The zero-order valence-electron chi connectivity index (χ0n) is 11.8. The normalized spacial score (nSPS) is 18.9. The van der Waals surface area contributed by atoms with E-state index in [4.69, 9.17) is 4.74 Å². The van der Waals surface area contributed by atoms with Gasteiger partial charge in [-0.15, -0.1) is 0 Å². The summed E-state index contributed by atoms with van der Waals surface area (Å²) in [7, 11) is 3.40. The highest BCUT2D eigenvalue weighted by atomic mass is 79.9. The molecule has 0 saturated carbocycles. The van der Waals surface area contributed by atoms with Gasteiger partial charge in [-0.05, 0) is 74.3 Å². The molecule has 0 aliphatic carbocycles. The zero-order valence-corrected chi connectivity index (χ0v) is 15.8. The standard InChI is InChI=1S/C14H14Br2N2O2S/c1-4-20-12-9(15)5-8(6-10(12)16)7-11-13(19)18(3)14(17-2)21-11/h5-7H,4H2,1-3H3/b11-7+,17-14?. The van der Waals surface area contributed by atoms with Crippen LogP contribution in [-0.4, -0.2) is 36.7 Å². The van der Waals surface area contributed by atoms with Gasteiger partial charge in [-0.3, -0.25) is 14.7 Å². The molecule has 0 radical (unpaired) electrons. The van der Waals surface area contributed by atoms with Crippen molar-refractivity contribution >= 4 is 60.8 Å². The van der Waals surface area contributed by atoms with E-state index in [2.05, 4.69) is 36.9 Å². The predicted molar refractivity (Wildman–Crippen MR) is 94.7 cm³/mol. The Hall–Kier alpha value is -0.790. The summed E-state index contributed by atoms with van der Waals surface area (Å²) in [4.78, 5) is 18.4. The first-order valence-electron chi connectivity index (χ1n) is 6.24. The number of hydrogen-bond acceptors (Lipinski definition) is 4. The molecular weight excluding hydrogens is 420 g/mol. The van der Waals surface area contributed by atoms with Gasteiger partial charge in [0.1, 0.15) is 5.75 Å². The van der Waals surface area contributed by atoms with E-state index in [1.165, 1.54) is 11.8 Å². The number of aliphatic imine (C=N–C) groups is 1. The number of likely N-dealkylation sites (N-methyl/N-ethyl adjacent to an activating group) is 1. The van der Waals surface area contributed by atoms with Gasteiger partial charge in [0.2, 0.25) is 0 Å². The highest BCUT2D eigenvalue weighted by Crippen LogP contribution is 2.37. The predicted octanol–water partition coefficient (Wildman–Crippen LogP) is 4.14. The Balaban J connectivity index is 2.36.